The van der Waals surface area contributed by atoms with Crippen LogP contribution < -0.4 is 10.0 Å². The molecule has 0 saturated carbocycles. The molecular formula is C13H20N2O3S. The Labute approximate surface area is 114 Å². The number of nitrogens with one attached hydrogen (secondary N) is 2. The van der Waals surface area contributed by atoms with Crippen molar-refractivity contribution in [1.82, 2.24) is 10.0 Å². The molecule has 0 fully saturated rings. The molecule has 106 valence electrons. The zero-order valence-corrected chi connectivity index (χ0v) is 12.0. The van der Waals surface area contributed by atoms with E-state index in [0.29, 0.717) is 6.54 Å². The molecule has 0 aliphatic carbocycles. The first kappa shape index (κ1) is 15.7. The summed E-state index contributed by atoms with van der Waals surface area (Å²) < 4.78 is 26.3. The third-order valence-electron chi connectivity index (χ3n) is 2.61. The van der Waals surface area contributed by atoms with Crippen molar-refractivity contribution in [1.29, 1.82) is 0 Å². The molecule has 0 radical (unpaired) electrons. The highest BCUT2D eigenvalue weighted by Crippen LogP contribution is 2.07. The molecule has 5 nitrogen and oxygen atoms in total. The minimum absolute atomic E-state index is 0.156. The van der Waals surface area contributed by atoms with E-state index in [2.05, 4.69) is 10.0 Å². The second kappa shape index (κ2) is 7.25. The molecule has 1 atom stereocenters. The minimum atomic E-state index is -3.65. The Kier molecular flexibility index (Phi) is 5.98. The zero-order chi connectivity index (χ0) is 14.3. The fraction of sp³-hybridized carbons (Fsp3) is 0.462. The van der Waals surface area contributed by atoms with Crippen LogP contribution in [0.25, 0.3) is 0 Å². The maximum Gasteiger partial charge on any atom is 0.241 e. The van der Waals surface area contributed by atoms with E-state index in [4.69, 9.17) is 0 Å². The van der Waals surface area contributed by atoms with Crippen LogP contribution in [0.1, 0.15) is 26.7 Å². The van der Waals surface area contributed by atoms with Gasteiger partial charge in [0.05, 0.1) is 10.9 Å². The SMILES string of the molecule is CCCCNC(=O)C(C)NS(=O)(=O)c1ccccc1. The summed E-state index contributed by atoms with van der Waals surface area (Å²) in [6.45, 7) is 4.11. The minimum Gasteiger partial charge on any atom is -0.355 e. The van der Waals surface area contributed by atoms with Crippen LogP contribution in [0.4, 0.5) is 0 Å². The van der Waals surface area contributed by atoms with Crippen LogP contribution in [-0.4, -0.2) is 26.9 Å². The predicted octanol–water partition coefficient (Wildman–Crippen LogP) is 1.27. The lowest BCUT2D eigenvalue weighted by Gasteiger charge is -2.14. The van der Waals surface area contributed by atoms with E-state index in [1.54, 1.807) is 18.2 Å². The summed E-state index contributed by atoms with van der Waals surface area (Å²) in [5, 5.41) is 2.69. The van der Waals surface area contributed by atoms with Gasteiger partial charge in [-0.15, -0.1) is 0 Å². The molecule has 0 aliphatic heterocycles. The molecule has 0 aromatic heterocycles. The maximum atomic E-state index is 12.0. The highest BCUT2D eigenvalue weighted by molar-refractivity contribution is 7.89. The average Bonchev–Trinajstić information content (AvgIpc) is 2.39. The van der Waals surface area contributed by atoms with E-state index in [0.717, 1.165) is 12.8 Å². The van der Waals surface area contributed by atoms with Gasteiger partial charge in [-0.1, -0.05) is 31.5 Å². The molecule has 19 heavy (non-hydrogen) atoms. The van der Waals surface area contributed by atoms with Gasteiger partial charge < -0.3 is 5.32 Å². The van der Waals surface area contributed by atoms with Crippen molar-refractivity contribution in [3.8, 4) is 0 Å². The molecule has 1 aromatic carbocycles. The summed E-state index contributed by atoms with van der Waals surface area (Å²) in [7, 11) is -3.65. The lowest BCUT2D eigenvalue weighted by molar-refractivity contribution is -0.122. The van der Waals surface area contributed by atoms with Gasteiger partial charge in [-0.25, -0.2) is 8.42 Å². The van der Waals surface area contributed by atoms with Crippen LogP contribution in [-0.2, 0) is 14.8 Å². The van der Waals surface area contributed by atoms with Gasteiger partial charge in [0.2, 0.25) is 15.9 Å². The molecule has 1 rings (SSSR count). The van der Waals surface area contributed by atoms with Crippen LogP contribution in [0.15, 0.2) is 35.2 Å². The lowest BCUT2D eigenvalue weighted by Crippen LogP contribution is -2.44. The summed E-state index contributed by atoms with van der Waals surface area (Å²) in [5.41, 5.74) is 0. The van der Waals surface area contributed by atoms with Gasteiger partial charge in [-0.2, -0.15) is 4.72 Å². The van der Waals surface area contributed by atoms with Crippen LogP contribution in [0, 0.1) is 0 Å². The first-order valence-corrected chi connectivity index (χ1v) is 7.80. The number of hydrogen-bond donors (Lipinski definition) is 2. The smallest absolute Gasteiger partial charge is 0.241 e. The van der Waals surface area contributed by atoms with Gasteiger partial charge >= 0.3 is 0 Å². The van der Waals surface area contributed by atoms with Gasteiger partial charge in [0, 0.05) is 6.54 Å². The Hall–Kier alpha value is -1.40. The number of hydrogen-bond acceptors (Lipinski definition) is 3. The third-order valence-corrected chi connectivity index (χ3v) is 4.16. The molecule has 1 aromatic rings. The highest BCUT2D eigenvalue weighted by Gasteiger charge is 2.21. The van der Waals surface area contributed by atoms with Crippen LogP contribution in [0.5, 0.6) is 0 Å². The molecule has 0 aliphatic rings. The molecule has 6 heteroatoms. The lowest BCUT2D eigenvalue weighted by atomic mass is 10.3. The van der Waals surface area contributed by atoms with Crippen molar-refractivity contribution in [2.24, 2.45) is 0 Å². The van der Waals surface area contributed by atoms with Crippen LogP contribution >= 0.6 is 0 Å². The summed E-state index contributed by atoms with van der Waals surface area (Å²) >= 11 is 0. The number of rotatable bonds is 7. The van der Waals surface area contributed by atoms with Crippen molar-refractivity contribution in [3.63, 3.8) is 0 Å². The van der Waals surface area contributed by atoms with Gasteiger partial charge in [-0.3, -0.25) is 4.79 Å². The predicted molar refractivity (Wildman–Crippen MR) is 74.1 cm³/mol. The van der Waals surface area contributed by atoms with E-state index in [1.165, 1.54) is 19.1 Å². The largest absolute Gasteiger partial charge is 0.355 e. The second-order valence-corrected chi connectivity index (χ2v) is 6.01. The molecule has 1 unspecified atom stereocenters. The monoisotopic (exact) mass is 284 g/mol. The van der Waals surface area contributed by atoms with E-state index in [-0.39, 0.29) is 10.8 Å². The maximum absolute atomic E-state index is 12.0. The number of sulfonamides is 1. The topological polar surface area (TPSA) is 75.3 Å². The highest BCUT2D eigenvalue weighted by atomic mass is 32.2. The molecule has 0 spiro atoms. The van der Waals surface area contributed by atoms with Crippen molar-refractivity contribution < 1.29 is 13.2 Å². The number of carbonyl (C=O) groups is 1. The van der Waals surface area contributed by atoms with Gasteiger partial charge in [0.25, 0.3) is 0 Å². The first-order valence-electron chi connectivity index (χ1n) is 6.32. The van der Waals surface area contributed by atoms with E-state index >= 15 is 0 Å². The van der Waals surface area contributed by atoms with E-state index in [9.17, 15) is 13.2 Å². The van der Waals surface area contributed by atoms with Gasteiger partial charge in [0.15, 0.2) is 0 Å². The molecule has 1 amide bonds. The number of unbranched alkanes of at least 4 members (excludes halogenated alkanes) is 1. The number of amides is 1. The Balaban J connectivity index is 2.61. The first-order chi connectivity index (χ1) is 8.97. The number of benzene rings is 1. The van der Waals surface area contributed by atoms with Gasteiger partial charge in [-0.05, 0) is 25.5 Å². The van der Waals surface area contributed by atoms with Crippen molar-refractivity contribution in [2.75, 3.05) is 6.54 Å². The summed E-state index contributed by atoms with van der Waals surface area (Å²) in [5.74, 6) is -0.312. The van der Waals surface area contributed by atoms with Crippen LogP contribution in [0.2, 0.25) is 0 Å². The fourth-order valence-corrected chi connectivity index (χ4v) is 2.72. The third kappa shape index (κ3) is 5.00. The Morgan fingerprint density at radius 1 is 1.26 bits per heavy atom. The van der Waals surface area contributed by atoms with Crippen molar-refractivity contribution >= 4 is 15.9 Å². The van der Waals surface area contributed by atoms with Crippen LogP contribution in [0.3, 0.4) is 0 Å². The quantitative estimate of drug-likeness (QED) is 0.740. The normalized spacial score (nSPS) is 12.9. The zero-order valence-electron chi connectivity index (χ0n) is 11.2. The fourth-order valence-electron chi connectivity index (χ4n) is 1.50. The molecular weight excluding hydrogens is 264 g/mol. The van der Waals surface area contributed by atoms with Crippen molar-refractivity contribution in [3.05, 3.63) is 30.3 Å². The summed E-state index contributed by atoms with van der Waals surface area (Å²) in [6.07, 6.45) is 1.86. The molecule has 0 heterocycles. The Bertz CT molecular complexity index is 500. The van der Waals surface area contributed by atoms with E-state index in [1.807, 2.05) is 6.92 Å². The number of carbonyl (C=O) groups excluding carboxylic acids is 1. The van der Waals surface area contributed by atoms with Gasteiger partial charge in [0.1, 0.15) is 0 Å². The summed E-state index contributed by atoms with van der Waals surface area (Å²) in [6, 6.07) is 7.21. The van der Waals surface area contributed by atoms with Crippen molar-refractivity contribution in [2.45, 2.75) is 37.6 Å². The standard InChI is InChI=1S/C13H20N2O3S/c1-3-4-10-14-13(16)11(2)15-19(17,18)12-8-6-5-7-9-12/h5-9,11,15H,3-4,10H2,1-2H3,(H,14,16). The summed E-state index contributed by atoms with van der Waals surface area (Å²) in [4.78, 5) is 11.8. The Morgan fingerprint density at radius 3 is 2.47 bits per heavy atom. The molecule has 0 bridgehead atoms. The Morgan fingerprint density at radius 2 is 1.89 bits per heavy atom. The second-order valence-electron chi connectivity index (χ2n) is 4.30. The average molecular weight is 284 g/mol. The molecule has 2 N–H and O–H groups in total. The van der Waals surface area contributed by atoms with E-state index < -0.39 is 16.1 Å². The molecule has 0 saturated heterocycles.